The zero-order chi connectivity index (χ0) is 21.5. The third-order valence-corrected chi connectivity index (χ3v) is 7.76. The predicted octanol–water partition coefficient (Wildman–Crippen LogP) is 4.31. The second kappa shape index (κ2) is 15.5. The summed E-state index contributed by atoms with van der Waals surface area (Å²) in [4.78, 5) is 26.6. The van der Waals surface area contributed by atoms with Crippen LogP contribution in [0.2, 0.25) is 0 Å². The Bertz CT molecular complexity index is 628. The van der Waals surface area contributed by atoms with Crippen LogP contribution in [0, 0.1) is 5.92 Å². The van der Waals surface area contributed by atoms with E-state index < -0.39 is 26.8 Å². The van der Waals surface area contributed by atoms with Gasteiger partial charge in [0.2, 0.25) is 0 Å². The van der Waals surface area contributed by atoms with Crippen LogP contribution in [0.3, 0.4) is 0 Å². The quantitative estimate of drug-likeness (QED) is 0.211. The number of ether oxygens (including phenoxy) is 1. The van der Waals surface area contributed by atoms with Gasteiger partial charge in [0.25, 0.3) is 0 Å². The molecule has 29 heavy (non-hydrogen) atoms. The van der Waals surface area contributed by atoms with Gasteiger partial charge in [0.15, 0.2) is 0 Å². The number of carbonyl (C=O) groups excluding carboxylic acids is 2. The minimum atomic E-state index is -0.561. The molecule has 1 aromatic rings. The van der Waals surface area contributed by atoms with E-state index in [-0.39, 0.29) is 18.3 Å². The van der Waals surface area contributed by atoms with Gasteiger partial charge in [0.1, 0.15) is 0 Å². The summed E-state index contributed by atoms with van der Waals surface area (Å²) in [6, 6.07) is 10.5. The van der Waals surface area contributed by atoms with Gasteiger partial charge in [0.05, 0.1) is 0 Å². The average Bonchev–Trinajstić information content (AvgIpc) is 2.71. The number of amides is 1. The number of benzene rings is 1. The van der Waals surface area contributed by atoms with Crippen LogP contribution in [-0.2, 0) is 14.3 Å². The number of hydrogen-bond acceptors (Lipinski definition) is 3. The van der Waals surface area contributed by atoms with E-state index in [9.17, 15) is 9.59 Å². The topological polar surface area (TPSA) is 46.6 Å². The maximum atomic E-state index is 12.7. The molecule has 1 unspecified atom stereocenters. The molecule has 1 atom stereocenters. The Morgan fingerprint density at radius 2 is 1.72 bits per heavy atom. The molecular weight excluding hydrogens is 478 g/mol. The normalized spacial score (nSPS) is 12.5. The summed E-state index contributed by atoms with van der Waals surface area (Å²) in [5.41, 5.74) is 0. The molecule has 0 heterocycles. The fraction of sp³-hybridized carbons (Fsp3) is 0.583. The molecule has 0 saturated carbocycles. The maximum absolute atomic E-state index is 12.7. The van der Waals surface area contributed by atoms with Crippen molar-refractivity contribution in [1.29, 1.82) is 0 Å². The van der Waals surface area contributed by atoms with E-state index in [2.05, 4.69) is 44.2 Å². The summed E-state index contributed by atoms with van der Waals surface area (Å²) >= 11 is -0.561. The molecule has 0 fully saturated rings. The van der Waals surface area contributed by atoms with Gasteiger partial charge in [-0.05, 0) is 0 Å². The summed E-state index contributed by atoms with van der Waals surface area (Å²) in [5.74, 6) is -0.790. The molecule has 0 aliphatic heterocycles. The third kappa shape index (κ3) is 11.5. The molecule has 1 amide bonds. The second-order valence-electron chi connectivity index (χ2n) is 7.48. The molecule has 5 heteroatoms. The van der Waals surface area contributed by atoms with Gasteiger partial charge >= 0.3 is 187 Å². The molecule has 0 radical (unpaired) electrons. The summed E-state index contributed by atoms with van der Waals surface area (Å²) in [6.07, 6.45) is 9.87. The van der Waals surface area contributed by atoms with Crippen LogP contribution in [0.4, 0.5) is 0 Å². The first-order valence-electron chi connectivity index (χ1n) is 10.8. The van der Waals surface area contributed by atoms with Gasteiger partial charge in [-0.3, -0.25) is 0 Å². The van der Waals surface area contributed by atoms with Crippen LogP contribution >= 0.6 is 0 Å². The fourth-order valence-corrected chi connectivity index (χ4v) is 5.83. The van der Waals surface area contributed by atoms with Gasteiger partial charge < -0.3 is 0 Å². The van der Waals surface area contributed by atoms with Crippen molar-refractivity contribution < 1.29 is 14.3 Å². The van der Waals surface area contributed by atoms with Crippen molar-refractivity contribution in [2.45, 2.75) is 65.2 Å². The van der Waals surface area contributed by atoms with Gasteiger partial charge in [-0.15, -0.1) is 0 Å². The molecule has 0 spiro atoms. The zero-order valence-corrected chi connectivity index (χ0v) is 20.8. The van der Waals surface area contributed by atoms with E-state index in [1.807, 2.05) is 6.07 Å². The summed E-state index contributed by atoms with van der Waals surface area (Å²) in [5, 5.41) is 0. The zero-order valence-electron chi connectivity index (χ0n) is 18.5. The van der Waals surface area contributed by atoms with Crippen LogP contribution in [-0.4, -0.2) is 58.4 Å². The van der Waals surface area contributed by atoms with E-state index in [4.69, 9.17) is 4.74 Å². The predicted molar refractivity (Wildman–Crippen MR) is 121 cm³/mol. The summed E-state index contributed by atoms with van der Waals surface area (Å²) < 4.78 is 8.19. The third-order valence-electron chi connectivity index (χ3n) is 4.59. The SMILES string of the molecule is CCCCCC/C(=C/C(CC(=O)N(C)C)C(=O)OCCCC)[Te]c1ccccc1. The molecule has 0 aromatic heterocycles. The Morgan fingerprint density at radius 1 is 1.03 bits per heavy atom. The summed E-state index contributed by atoms with van der Waals surface area (Å²) in [6.45, 7) is 4.71. The molecule has 1 rings (SSSR count). The van der Waals surface area contributed by atoms with E-state index in [1.165, 1.54) is 26.5 Å². The van der Waals surface area contributed by atoms with E-state index in [0.717, 1.165) is 25.7 Å². The number of unbranched alkanes of at least 4 members (excludes halogenated alkanes) is 4. The number of carbonyl (C=O) groups is 2. The number of allylic oxidation sites excluding steroid dienone is 1. The number of esters is 1. The van der Waals surface area contributed by atoms with Crippen molar-refractivity contribution in [2.75, 3.05) is 20.7 Å². The minimum absolute atomic E-state index is 0.0377. The van der Waals surface area contributed by atoms with Crippen molar-refractivity contribution in [2.24, 2.45) is 5.92 Å². The standard InChI is InChI=1S/C24H37NO3Te/c1-5-7-9-11-16-22(29-21-14-12-10-13-15-21)18-20(19-23(26)25(3)4)24(27)28-17-8-6-2/h10,12-15,18,20H,5-9,11,16-17,19H2,1-4H3/b22-18-. The monoisotopic (exact) mass is 517 g/mol. The first kappa shape index (κ1) is 25.7. The molecule has 1 aromatic carbocycles. The van der Waals surface area contributed by atoms with Gasteiger partial charge in [0, 0.05) is 0 Å². The summed E-state index contributed by atoms with van der Waals surface area (Å²) in [7, 11) is 3.46. The van der Waals surface area contributed by atoms with Crippen molar-refractivity contribution in [3.63, 3.8) is 0 Å². The van der Waals surface area contributed by atoms with Gasteiger partial charge in [-0.25, -0.2) is 0 Å². The van der Waals surface area contributed by atoms with Crippen molar-refractivity contribution >= 4 is 36.4 Å². The Kier molecular flexibility index (Phi) is 13.8. The molecule has 0 N–H and O–H groups in total. The van der Waals surface area contributed by atoms with E-state index in [0.29, 0.717) is 6.61 Å². The molecule has 4 nitrogen and oxygen atoms in total. The number of hydrogen-bond donors (Lipinski definition) is 0. The molecular formula is C24H37NO3Te. The Hall–Kier alpha value is -1.31. The van der Waals surface area contributed by atoms with Crippen LogP contribution in [0.1, 0.15) is 65.2 Å². The molecule has 162 valence electrons. The number of rotatable bonds is 14. The van der Waals surface area contributed by atoms with Crippen LogP contribution in [0.5, 0.6) is 0 Å². The molecule has 0 aliphatic carbocycles. The first-order valence-corrected chi connectivity index (χ1v) is 13.1. The van der Waals surface area contributed by atoms with Crippen LogP contribution in [0.15, 0.2) is 40.0 Å². The first-order chi connectivity index (χ1) is 14.0. The van der Waals surface area contributed by atoms with Crippen LogP contribution < -0.4 is 3.61 Å². The van der Waals surface area contributed by atoms with Crippen LogP contribution in [0.25, 0.3) is 0 Å². The van der Waals surface area contributed by atoms with E-state index in [1.54, 1.807) is 19.0 Å². The number of nitrogens with zero attached hydrogens (tertiary/aromatic N) is 1. The Morgan fingerprint density at radius 3 is 2.34 bits per heavy atom. The van der Waals surface area contributed by atoms with Crippen molar-refractivity contribution in [3.05, 3.63) is 40.0 Å². The van der Waals surface area contributed by atoms with Gasteiger partial charge in [-0.2, -0.15) is 0 Å². The molecule has 0 bridgehead atoms. The van der Waals surface area contributed by atoms with Gasteiger partial charge in [-0.1, -0.05) is 0 Å². The van der Waals surface area contributed by atoms with Crippen molar-refractivity contribution in [1.82, 2.24) is 4.90 Å². The average molecular weight is 515 g/mol. The van der Waals surface area contributed by atoms with Crippen molar-refractivity contribution in [3.8, 4) is 0 Å². The molecule has 0 aliphatic rings. The molecule has 0 saturated heterocycles. The second-order valence-corrected chi connectivity index (χ2v) is 10.9. The Balaban J connectivity index is 2.99. The van der Waals surface area contributed by atoms with E-state index >= 15 is 0 Å². The Labute approximate surface area is 187 Å². The fourth-order valence-electron chi connectivity index (χ4n) is 2.76.